The van der Waals surface area contributed by atoms with Crippen LogP contribution in [0.15, 0.2) is 29.2 Å². The lowest BCUT2D eigenvalue weighted by atomic mass is 10.2. The summed E-state index contributed by atoms with van der Waals surface area (Å²) in [5.74, 6) is 1.08. The number of carbonyl (C=O) groups is 1. The van der Waals surface area contributed by atoms with E-state index < -0.39 is 5.54 Å². The zero-order valence-corrected chi connectivity index (χ0v) is 11.1. The molecule has 1 fully saturated rings. The minimum Gasteiger partial charge on any atom is -0.317 e. The monoisotopic (exact) mass is 250 g/mol. The first-order valence-electron chi connectivity index (χ1n) is 5.87. The van der Waals surface area contributed by atoms with Crippen molar-refractivity contribution in [1.29, 1.82) is 0 Å². The lowest BCUT2D eigenvalue weighted by Gasteiger charge is -2.21. The number of anilines is 1. The van der Waals surface area contributed by atoms with Crippen LogP contribution in [0.2, 0.25) is 0 Å². The van der Waals surface area contributed by atoms with E-state index in [1.165, 1.54) is 4.90 Å². The maximum absolute atomic E-state index is 12.0. The van der Waals surface area contributed by atoms with E-state index in [0.717, 1.165) is 24.3 Å². The van der Waals surface area contributed by atoms with Gasteiger partial charge in [-0.15, -0.1) is 11.8 Å². The summed E-state index contributed by atoms with van der Waals surface area (Å²) < 4.78 is 0. The van der Waals surface area contributed by atoms with E-state index in [9.17, 15) is 4.79 Å². The van der Waals surface area contributed by atoms with Crippen LogP contribution < -0.4 is 10.6 Å². The minimum atomic E-state index is -0.592. The summed E-state index contributed by atoms with van der Waals surface area (Å²) in [6, 6.07) is 8.04. The van der Waals surface area contributed by atoms with Crippen molar-refractivity contribution >= 4 is 23.4 Å². The summed E-state index contributed by atoms with van der Waals surface area (Å²) in [7, 11) is 1.79. The maximum atomic E-state index is 12.0. The van der Waals surface area contributed by atoms with E-state index in [-0.39, 0.29) is 5.91 Å². The van der Waals surface area contributed by atoms with Crippen molar-refractivity contribution in [2.24, 2.45) is 5.73 Å². The first-order chi connectivity index (χ1) is 8.07. The highest BCUT2D eigenvalue weighted by Crippen LogP contribution is 2.35. The van der Waals surface area contributed by atoms with Crippen LogP contribution in [0.4, 0.5) is 5.69 Å². The Morgan fingerprint density at radius 1 is 1.41 bits per heavy atom. The number of carbonyl (C=O) groups excluding carboxylic acids is 1. The van der Waals surface area contributed by atoms with Gasteiger partial charge in [-0.2, -0.15) is 0 Å². The number of likely N-dealkylation sites (N-methyl/N-ethyl adjacent to an activating group) is 1. The molecule has 0 bridgehead atoms. The van der Waals surface area contributed by atoms with Crippen LogP contribution in [-0.4, -0.2) is 24.2 Å². The van der Waals surface area contributed by atoms with Crippen molar-refractivity contribution in [2.75, 3.05) is 17.7 Å². The summed E-state index contributed by atoms with van der Waals surface area (Å²) >= 11 is 1.79. The van der Waals surface area contributed by atoms with Gasteiger partial charge in [0.15, 0.2) is 0 Å². The molecule has 17 heavy (non-hydrogen) atoms. The molecule has 0 unspecified atom stereocenters. The molecule has 0 spiro atoms. The van der Waals surface area contributed by atoms with Crippen LogP contribution in [0, 0.1) is 0 Å². The first-order valence-corrected chi connectivity index (χ1v) is 6.85. The SMILES string of the molecule is CCSc1ccc(N(C)C(=O)C2(N)CC2)cc1. The van der Waals surface area contributed by atoms with E-state index >= 15 is 0 Å². The van der Waals surface area contributed by atoms with Crippen LogP contribution in [-0.2, 0) is 4.79 Å². The fraction of sp³-hybridized carbons (Fsp3) is 0.462. The molecule has 1 aromatic rings. The lowest BCUT2D eigenvalue weighted by molar-refractivity contribution is -0.120. The molecule has 0 heterocycles. The van der Waals surface area contributed by atoms with Crippen molar-refractivity contribution in [3.63, 3.8) is 0 Å². The lowest BCUT2D eigenvalue weighted by Crippen LogP contribution is -2.43. The summed E-state index contributed by atoms with van der Waals surface area (Å²) in [5, 5.41) is 0. The standard InChI is InChI=1S/C13H18N2OS/c1-3-17-11-6-4-10(5-7-11)15(2)12(16)13(14)8-9-13/h4-7H,3,8-9,14H2,1-2H3. The van der Waals surface area contributed by atoms with Gasteiger partial charge in [-0.05, 0) is 42.9 Å². The summed E-state index contributed by atoms with van der Waals surface area (Å²) in [4.78, 5) is 14.9. The molecule has 0 aliphatic heterocycles. The molecule has 3 nitrogen and oxygen atoms in total. The van der Waals surface area contributed by atoms with Crippen LogP contribution in [0.1, 0.15) is 19.8 Å². The Bertz CT molecular complexity index is 412. The van der Waals surface area contributed by atoms with Gasteiger partial charge in [0, 0.05) is 17.6 Å². The molecule has 2 rings (SSSR count). The third kappa shape index (κ3) is 2.64. The van der Waals surface area contributed by atoms with E-state index in [4.69, 9.17) is 5.73 Å². The molecule has 2 N–H and O–H groups in total. The van der Waals surface area contributed by atoms with Crippen molar-refractivity contribution < 1.29 is 4.79 Å². The van der Waals surface area contributed by atoms with Crippen molar-refractivity contribution in [3.05, 3.63) is 24.3 Å². The number of benzene rings is 1. The van der Waals surface area contributed by atoms with Crippen LogP contribution in [0.3, 0.4) is 0 Å². The Labute approximate surface area is 106 Å². The molecule has 1 aliphatic carbocycles. The number of thioether (sulfide) groups is 1. The van der Waals surface area contributed by atoms with Gasteiger partial charge in [0.2, 0.25) is 5.91 Å². The van der Waals surface area contributed by atoms with Gasteiger partial charge >= 0.3 is 0 Å². The molecule has 0 saturated heterocycles. The largest absolute Gasteiger partial charge is 0.317 e. The van der Waals surface area contributed by atoms with Crippen LogP contribution in [0.5, 0.6) is 0 Å². The highest BCUT2D eigenvalue weighted by molar-refractivity contribution is 7.99. The molecule has 0 radical (unpaired) electrons. The average molecular weight is 250 g/mol. The Morgan fingerprint density at radius 3 is 2.47 bits per heavy atom. The first kappa shape index (κ1) is 12.5. The molecular formula is C13H18N2OS. The number of hydrogen-bond acceptors (Lipinski definition) is 3. The van der Waals surface area contributed by atoms with Crippen LogP contribution in [0.25, 0.3) is 0 Å². The van der Waals surface area contributed by atoms with Gasteiger partial charge in [0.25, 0.3) is 0 Å². The van der Waals surface area contributed by atoms with Gasteiger partial charge in [0.05, 0.1) is 5.54 Å². The Balaban J connectivity index is 2.08. The number of rotatable bonds is 4. The fourth-order valence-electron chi connectivity index (χ4n) is 1.73. The number of nitrogens with two attached hydrogens (primary N) is 1. The third-order valence-corrected chi connectivity index (χ3v) is 3.95. The van der Waals surface area contributed by atoms with Gasteiger partial charge in [-0.1, -0.05) is 6.92 Å². The Morgan fingerprint density at radius 2 is 2.00 bits per heavy atom. The maximum Gasteiger partial charge on any atom is 0.246 e. The minimum absolute atomic E-state index is 0.0217. The van der Waals surface area contributed by atoms with E-state index in [2.05, 4.69) is 6.92 Å². The summed E-state index contributed by atoms with van der Waals surface area (Å²) in [5.41, 5.74) is 6.23. The van der Waals surface area contributed by atoms with E-state index in [1.54, 1.807) is 23.7 Å². The van der Waals surface area contributed by atoms with Gasteiger partial charge in [-0.3, -0.25) is 4.79 Å². The number of hydrogen-bond donors (Lipinski definition) is 1. The second kappa shape index (κ2) is 4.70. The molecule has 1 aliphatic rings. The molecule has 92 valence electrons. The second-order valence-electron chi connectivity index (χ2n) is 4.45. The molecule has 1 aromatic carbocycles. The smallest absolute Gasteiger partial charge is 0.246 e. The highest BCUT2D eigenvalue weighted by atomic mass is 32.2. The predicted octanol–water partition coefficient (Wildman–Crippen LogP) is 2.25. The van der Waals surface area contributed by atoms with Gasteiger partial charge < -0.3 is 10.6 Å². The molecular weight excluding hydrogens is 232 g/mol. The van der Waals surface area contributed by atoms with Gasteiger partial charge in [-0.25, -0.2) is 0 Å². The molecule has 0 aromatic heterocycles. The Kier molecular flexibility index (Phi) is 3.45. The number of nitrogens with zero attached hydrogens (tertiary/aromatic N) is 1. The van der Waals surface area contributed by atoms with Crippen molar-refractivity contribution in [3.8, 4) is 0 Å². The highest BCUT2D eigenvalue weighted by Gasteiger charge is 2.47. The van der Waals surface area contributed by atoms with Crippen molar-refractivity contribution in [2.45, 2.75) is 30.2 Å². The molecule has 4 heteroatoms. The van der Waals surface area contributed by atoms with Gasteiger partial charge in [0.1, 0.15) is 0 Å². The number of amides is 1. The van der Waals surface area contributed by atoms with E-state index in [1.807, 2.05) is 24.3 Å². The van der Waals surface area contributed by atoms with Crippen molar-refractivity contribution in [1.82, 2.24) is 0 Å². The van der Waals surface area contributed by atoms with E-state index in [0.29, 0.717) is 0 Å². The molecule has 1 amide bonds. The predicted molar refractivity (Wildman–Crippen MR) is 72.4 cm³/mol. The fourth-order valence-corrected chi connectivity index (χ4v) is 2.39. The molecule has 0 atom stereocenters. The van der Waals surface area contributed by atoms with Crippen LogP contribution >= 0.6 is 11.8 Å². The quantitative estimate of drug-likeness (QED) is 0.834. The third-order valence-electron chi connectivity index (χ3n) is 3.05. The second-order valence-corrected chi connectivity index (χ2v) is 5.78. The normalized spacial score (nSPS) is 16.6. The summed E-state index contributed by atoms with van der Waals surface area (Å²) in [6.45, 7) is 2.12. The zero-order valence-electron chi connectivity index (χ0n) is 10.3. The molecule has 1 saturated carbocycles. The summed E-state index contributed by atoms with van der Waals surface area (Å²) in [6.07, 6.45) is 1.61. The zero-order chi connectivity index (χ0) is 12.5. The average Bonchev–Trinajstić information content (AvgIpc) is 3.08. The Hall–Kier alpha value is -1.00. The topological polar surface area (TPSA) is 46.3 Å².